The highest BCUT2D eigenvalue weighted by atomic mass is 19.2. The lowest BCUT2D eigenvalue weighted by molar-refractivity contribution is 0.0693. The molecule has 1 aromatic carbocycles. The van der Waals surface area contributed by atoms with Gasteiger partial charge in [0.1, 0.15) is 11.3 Å². The van der Waals surface area contributed by atoms with Crippen molar-refractivity contribution in [1.29, 1.82) is 0 Å². The van der Waals surface area contributed by atoms with Gasteiger partial charge in [-0.3, -0.25) is 9.80 Å². The van der Waals surface area contributed by atoms with Crippen LogP contribution in [0.5, 0.6) is 5.75 Å². The number of aromatic nitrogens is 1. The molecule has 2 fully saturated rings. The summed E-state index contributed by atoms with van der Waals surface area (Å²) in [5.74, 6) is -2.15. The number of carbonyl (C=O) groups excluding carboxylic acids is 1. The summed E-state index contributed by atoms with van der Waals surface area (Å²) in [6.45, 7) is 2.64. The molecule has 2 aromatic rings. The molecule has 0 radical (unpaired) electrons. The zero-order chi connectivity index (χ0) is 23.2. The number of anilines is 1. The summed E-state index contributed by atoms with van der Waals surface area (Å²) in [6, 6.07) is 0.611. The zero-order valence-electron chi connectivity index (χ0n) is 17.4. The number of pyridine rings is 1. The second kappa shape index (κ2) is 8.36. The summed E-state index contributed by atoms with van der Waals surface area (Å²) < 4.78 is 51.5. The molecule has 9 nitrogen and oxygen atoms in total. The maximum absolute atomic E-state index is 15.3. The van der Waals surface area contributed by atoms with Gasteiger partial charge in [-0.05, 0) is 25.8 Å². The Morgan fingerprint density at radius 3 is 2.56 bits per heavy atom. The van der Waals surface area contributed by atoms with Crippen molar-refractivity contribution in [3.63, 3.8) is 0 Å². The largest absolute Gasteiger partial charge is 0.798 e. The fourth-order valence-electron chi connectivity index (χ4n) is 4.13. The van der Waals surface area contributed by atoms with Crippen LogP contribution in [0.15, 0.2) is 22.3 Å². The Hall–Kier alpha value is -3.25. The van der Waals surface area contributed by atoms with Crippen molar-refractivity contribution in [3.8, 4) is 5.75 Å². The van der Waals surface area contributed by atoms with Gasteiger partial charge in [0, 0.05) is 25.3 Å². The van der Waals surface area contributed by atoms with E-state index in [1.165, 1.54) is 18.3 Å². The predicted octanol–water partition coefficient (Wildman–Crippen LogP) is 2.76. The fraction of sp³-hybridized carbons (Fsp3) is 0.474. The zero-order valence-corrected chi connectivity index (χ0v) is 17.4. The minimum absolute atomic E-state index is 0.0949. The average Bonchev–Trinajstić information content (AvgIpc) is 3.58. The summed E-state index contributed by atoms with van der Waals surface area (Å²) >= 11 is 0. The van der Waals surface area contributed by atoms with Crippen LogP contribution < -0.4 is 15.1 Å². The highest BCUT2D eigenvalue weighted by Crippen LogP contribution is 2.44. The third kappa shape index (κ3) is 3.75. The highest BCUT2D eigenvalue weighted by molar-refractivity contribution is 6.38. The molecular formula is C19H20BF3N4O5. The number of benzene rings is 1. The Kier molecular flexibility index (Phi) is 5.74. The number of hydrogen-bond acceptors (Lipinski definition) is 7. The second-order valence-corrected chi connectivity index (χ2v) is 7.85. The molecule has 0 N–H and O–H groups in total. The Balaban J connectivity index is 1.91. The molecule has 1 aromatic heterocycles. The summed E-state index contributed by atoms with van der Waals surface area (Å²) in [5, 5.41) is 4.16. The SMILES string of the molecule is COc1c(N2CCN(N=O)C(C)C2)c(F)cc2c(=O)c(C(=O)OB(F)F)cn(C3CC3)c12. The van der Waals surface area contributed by atoms with Crippen LogP contribution in [-0.2, 0) is 4.65 Å². The van der Waals surface area contributed by atoms with Crippen molar-refractivity contribution in [3.05, 3.63) is 38.8 Å². The van der Waals surface area contributed by atoms with Crippen LogP contribution in [-0.4, -0.2) is 55.8 Å². The Morgan fingerprint density at radius 1 is 1.28 bits per heavy atom. The molecule has 2 heterocycles. The molecule has 1 atom stereocenters. The topological polar surface area (TPSA) is 93.4 Å². The molecule has 2 aliphatic rings. The van der Waals surface area contributed by atoms with E-state index < -0.39 is 30.2 Å². The first-order valence-electron chi connectivity index (χ1n) is 10.1. The summed E-state index contributed by atoms with van der Waals surface area (Å²) in [5.41, 5.74) is -1.13. The second-order valence-electron chi connectivity index (χ2n) is 7.85. The van der Waals surface area contributed by atoms with Gasteiger partial charge < -0.3 is 18.9 Å². The van der Waals surface area contributed by atoms with E-state index in [0.29, 0.717) is 6.54 Å². The number of ether oxygens (including phenoxy) is 1. The van der Waals surface area contributed by atoms with E-state index in [1.54, 1.807) is 16.4 Å². The quantitative estimate of drug-likeness (QED) is 0.492. The van der Waals surface area contributed by atoms with Crippen LogP contribution in [0.4, 0.5) is 18.7 Å². The maximum Gasteiger partial charge on any atom is 0.798 e. The van der Waals surface area contributed by atoms with Crippen LogP contribution in [0.2, 0.25) is 0 Å². The number of rotatable bonds is 6. The number of nitroso groups, excluding NO2 is 1. The van der Waals surface area contributed by atoms with E-state index in [9.17, 15) is 23.1 Å². The van der Waals surface area contributed by atoms with Crippen LogP contribution in [0.25, 0.3) is 10.9 Å². The fourth-order valence-corrected chi connectivity index (χ4v) is 4.13. The summed E-state index contributed by atoms with van der Waals surface area (Å²) in [6.07, 6.45) is 2.64. The molecule has 0 spiro atoms. The van der Waals surface area contributed by atoms with Gasteiger partial charge in [0.25, 0.3) is 0 Å². The number of halogens is 3. The smallest absolute Gasteiger partial charge is 0.492 e. The van der Waals surface area contributed by atoms with E-state index in [4.69, 9.17) is 4.74 Å². The van der Waals surface area contributed by atoms with E-state index >= 15 is 4.39 Å². The van der Waals surface area contributed by atoms with Gasteiger partial charge >= 0.3 is 13.4 Å². The minimum Gasteiger partial charge on any atom is -0.492 e. The van der Waals surface area contributed by atoms with Crippen molar-refractivity contribution in [2.45, 2.75) is 31.8 Å². The molecule has 1 saturated carbocycles. The lowest BCUT2D eigenvalue weighted by atomic mass is 10.1. The van der Waals surface area contributed by atoms with Gasteiger partial charge in [-0.15, -0.1) is 4.91 Å². The van der Waals surface area contributed by atoms with Gasteiger partial charge in [0.15, 0.2) is 11.6 Å². The van der Waals surface area contributed by atoms with Crippen LogP contribution >= 0.6 is 0 Å². The Bertz CT molecular complexity index is 1140. The van der Waals surface area contributed by atoms with E-state index in [-0.39, 0.29) is 47.5 Å². The normalized spacial score (nSPS) is 18.6. The molecule has 1 saturated heterocycles. The first kappa shape index (κ1) is 22.0. The van der Waals surface area contributed by atoms with Crippen molar-refractivity contribution in [2.24, 2.45) is 5.29 Å². The van der Waals surface area contributed by atoms with Crippen molar-refractivity contribution in [2.75, 3.05) is 31.6 Å². The summed E-state index contributed by atoms with van der Waals surface area (Å²) in [4.78, 5) is 37.7. The maximum atomic E-state index is 15.3. The predicted molar refractivity (Wildman–Crippen MR) is 111 cm³/mol. The monoisotopic (exact) mass is 452 g/mol. The van der Waals surface area contributed by atoms with Crippen LogP contribution in [0.1, 0.15) is 36.2 Å². The molecule has 1 aliphatic carbocycles. The van der Waals surface area contributed by atoms with Crippen LogP contribution in [0, 0.1) is 10.7 Å². The number of methoxy groups -OCH3 is 1. The van der Waals surface area contributed by atoms with E-state index in [1.807, 2.05) is 0 Å². The minimum atomic E-state index is -3.39. The van der Waals surface area contributed by atoms with Gasteiger partial charge in [0.2, 0.25) is 5.43 Å². The average molecular weight is 452 g/mol. The number of fused-ring (bicyclic) bond motifs is 1. The van der Waals surface area contributed by atoms with Crippen LogP contribution in [0.3, 0.4) is 0 Å². The number of nitrogens with zero attached hydrogens (tertiary/aromatic N) is 4. The first-order chi connectivity index (χ1) is 15.3. The molecular weight excluding hydrogens is 432 g/mol. The van der Waals surface area contributed by atoms with Crippen molar-refractivity contribution in [1.82, 2.24) is 9.58 Å². The van der Waals surface area contributed by atoms with E-state index in [2.05, 4.69) is 9.94 Å². The van der Waals surface area contributed by atoms with Gasteiger partial charge in [-0.25, -0.2) is 17.8 Å². The molecule has 32 heavy (non-hydrogen) atoms. The van der Waals surface area contributed by atoms with Gasteiger partial charge in [0.05, 0.1) is 35.9 Å². The highest BCUT2D eigenvalue weighted by Gasteiger charge is 2.34. The third-order valence-electron chi connectivity index (χ3n) is 5.77. The van der Waals surface area contributed by atoms with Gasteiger partial charge in [-0.2, -0.15) is 0 Å². The number of carbonyl (C=O) groups is 1. The van der Waals surface area contributed by atoms with Gasteiger partial charge in [-0.1, -0.05) is 0 Å². The molecule has 1 unspecified atom stereocenters. The lowest BCUT2D eigenvalue weighted by Gasteiger charge is -2.38. The molecule has 0 amide bonds. The molecule has 170 valence electrons. The molecule has 1 aliphatic heterocycles. The van der Waals surface area contributed by atoms with Crippen molar-refractivity contribution < 1.29 is 27.2 Å². The number of hydrogen-bond donors (Lipinski definition) is 0. The van der Waals surface area contributed by atoms with E-state index in [0.717, 1.165) is 18.9 Å². The molecule has 0 bridgehead atoms. The summed E-state index contributed by atoms with van der Waals surface area (Å²) in [7, 11) is -2.05. The third-order valence-corrected chi connectivity index (χ3v) is 5.77. The molecule has 13 heteroatoms. The first-order valence-corrected chi connectivity index (χ1v) is 10.1. The Morgan fingerprint density at radius 2 is 2.00 bits per heavy atom. The lowest BCUT2D eigenvalue weighted by Crippen LogP contribution is -2.49. The Labute approximate surface area is 180 Å². The van der Waals surface area contributed by atoms with Crippen molar-refractivity contribution >= 4 is 30.0 Å². The number of piperazine rings is 1. The standard InChI is InChI=1S/C19H20BF3N4O5/c1-10-8-25(5-6-27(10)24-30)16-14(21)7-12-15(18(16)31-2)26(11-3-4-11)9-13(17(12)28)19(29)32-20(22)23/h7,9-11H,3-6,8H2,1-2H3. The molecule has 4 rings (SSSR count).